The Labute approximate surface area is 100 Å². The van der Waals surface area contributed by atoms with Gasteiger partial charge in [0.25, 0.3) is 0 Å². The molecule has 0 aliphatic carbocycles. The molecule has 1 atom stereocenters. The molecule has 88 valence electrons. The van der Waals surface area contributed by atoms with Crippen molar-refractivity contribution in [1.82, 2.24) is 9.88 Å². The average molecular weight is 238 g/mol. The summed E-state index contributed by atoms with van der Waals surface area (Å²) in [5.74, 6) is 0. The third kappa shape index (κ3) is 1.83. The van der Waals surface area contributed by atoms with Crippen molar-refractivity contribution < 1.29 is 0 Å². The third-order valence-corrected chi connectivity index (χ3v) is 4.68. The molecule has 16 heavy (non-hydrogen) atoms. The Morgan fingerprint density at radius 1 is 1.44 bits per heavy atom. The van der Waals surface area contributed by atoms with E-state index in [0.717, 1.165) is 24.3 Å². The van der Waals surface area contributed by atoms with Crippen LogP contribution in [0.15, 0.2) is 6.20 Å². The zero-order chi connectivity index (χ0) is 11.0. The van der Waals surface area contributed by atoms with Crippen molar-refractivity contribution in [2.45, 2.75) is 25.4 Å². The molecule has 0 radical (unpaired) electrons. The Hall–Kier alpha value is -0.650. The van der Waals surface area contributed by atoms with Crippen molar-refractivity contribution >= 4 is 16.5 Å². The summed E-state index contributed by atoms with van der Waals surface area (Å²) >= 11 is 1.74. The minimum absolute atomic E-state index is 0.612. The van der Waals surface area contributed by atoms with Gasteiger partial charge in [-0.15, -0.1) is 11.3 Å². The summed E-state index contributed by atoms with van der Waals surface area (Å²) in [5.41, 5.74) is 5.62. The largest absolute Gasteiger partial charge is 0.345 e. The Bertz CT molecular complexity index is 365. The van der Waals surface area contributed by atoms with Gasteiger partial charge >= 0.3 is 0 Å². The first-order chi connectivity index (χ1) is 7.86. The van der Waals surface area contributed by atoms with Gasteiger partial charge in [-0.3, -0.25) is 4.90 Å². The Morgan fingerprint density at radius 2 is 2.38 bits per heavy atom. The minimum atomic E-state index is 0.612. The lowest BCUT2D eigenvalue weighted by molar-refractivity contribution is 0.231. The van der Waals surface area contributed by atoms with Gasteiger partial charge in [0.2, 0.25) is 0 Å². The fraction of sp³-hybridized carbons (Fsp3) is 0.727. The second kappa shape index (κ2) is 4.31. The second-order valence-corrected chi connectivity index (χ2v) is 5.68. The molecule has 0 aromatic carbocycles. The van der Waals surface area contributed by atoms with Crippen LogP contribution in [0.1, 0.15) is 17.7 Å². The molecule has 0 spiro atoms. The van der Waals surface area contributed by atoms with E-state index in [-0.39, 0.29) is 0 Å². The van der Waals surface area contributed by atoms with Crippen molar-refractivity contribution in [1.29, 1.82) is 0 Å². The van der Waals surface area contributed by atoms with E-state index < -0.39 is 0 Å². The van der Waals surface area contributed by atoms with Gasteiger partial charge in [-0.05, 0) is 19.4 Å². The van der Waals surface area contributed by atoms with Crippen LogP contribution < -0.4 is 10.6 Å². The lowest BCUT2D eigenvalue weighted by Crippen LogP contribution is -2.50. The van der Waals surface area contributed by atoms with Crippen LogP contribution in [0.5, 0.6) is 0 Å². The fourth-order valence-corrected chi connectivity index (χ4v) is 3.53. The van der Waals surface area contributed by atoms with E-state index in [1.54, 1.807) is 11.3 Å². The van der Waals surface area contributed by atoms with Crippen molar-refractivity contribution in [2.24, 2.45) is 5.73 Å². The third-order valence-electron chi connectivity index (χ3n) is 3.60. The number of rotatable bonds is 2. The zero-order valence-corrected chi connectivity index (χ0v) is 10.2. The molecule has 0 bridgehead atoms. The van der Waals surface area contributed by atoms with E-state index in [4.69, 9.17) is 5.73 Å². The first kappa shape index (κ1) is 10.5. The van der Waals surface area contributed by atoms with Crippen LogP contribution in [0.4, 0.5) is 5.13 Å². The maximum atomic E-state index is 5.62. The molecule has 0 amide bonds. The van der Waals surface area contributed by atoms with Crippen LogP contribution in [0.3, 0.4) is 0 Å². The fourth-order valence-electron chi connectivity index (χ4n) is 2.70. The van der Waals surface area contributed by atoms with Gasteiger partial charge in [0, 0.05) is 43.3 Å². The molecule has 5 heteroatoms. The standard InChI is InChI=1S/C11H18N4S/c12-6-10-7-13-11(16-10)15-5-4-14-3-1-2-9(14)8-15/h7,9H,1-6,8,12H2. The van der Waals surface area contributed by atoms with Gasteiger partial charge in [0.05, 0.1) is 0 Å². The van der Waals surface area contributed by atoms with Crippen LogP contribution >= 0.6 is 11.3 Å². The van der Waals surface area contributed by atoms with E-state index in [1.807, 2.05) is 6.20 Å². The molecule has 3 heterocycles. The van der Waals surface area contributed by atoms with Crippen LogP contribution in [0.25, 0.3) is 0 Å². The summed E-state index contributed by atoms with van der Waals surface area (Å²) in [5, 5.41) is 1.16. The highest BCUT2D eigenvalue weighted by molar-refractivity contribution is 7.15. The first-order valence-electron chi connectivity index (χ1n) is 6.00. The quantitative estimate of drug-likeness (QED) is 0.831. The average Bonchev–Trinajstić information content (AvgIpc) is 2.96. The predicted molar refractivity (Wildman–Crippen MR) is 66.8 cm³/mol. The summed E-state index contributed by atoms with van der Waals surface area (Å²) < 4.78 is 0. The van der Waals surface area contributed by atoms with Crippen LogP contribution in [0.2, 0.25) is 0 Å². The number of nitrogens with two attached hydrogens (primary N) is 1. The van der Waals surface area contributed by atoms with Gasteiger partial charge in [-0.2, -0.15) is 0 Å². The molecule has 3 rings (SSSR count). The van der Waals surface area contributed by atoms with Gasteiger partial charge < -0.3 is 10.6 Å². The number of hydrogen-bond acceptors (Lipinski definition) is 5. The molecular formula is C11H18N4S. The first-order valence-corrected chi connectivity index (χ1v) is 6.82. The van der Waals surface area contributed by atoms with Gasteiger partial charge in [0.15, 0.2) is 5.13 Å². The monoisotopic (exact) mass is 238 g/mol. The van der Waals surface area contributed by atoms with Crippen molar-refractivity contribution in [2.75, 3.05) is 31.1 Å². The Balaban J connectivity index is 1.71. The lowest BCUT2D eigenvalue weighted by atomic mass is 10.2. The molecule has 2 fully saturated rings. The molecule has 1 aromatic heterocycles. The number of piperazine rings is 1. The summed E-state index contributed by atoms with van der Waals surface area (Å²) in [4.78, 5) is 10.7. The maximum Gasteiger partial charge on any atom is 0.185 e. The normalized spacial score (nSPS) is 26.1. The molecule has 2 N–H and O–H groups in total. The highest BCUT2D eigenvalue weighted by Crippen LogP contribution is 2.28. The SMILES string of the molecule is NCc1cnc(N2CCN3CCCC3C2)s1. The number of nitrogens with zero attached hydrogens (tertiary/aromatic N) is 3. The predicted octanol–water partition coefficient (Wildman–Crippen LogP) is 0.886. The molecule has 2 aliphatic heterocycles. The molecule has 2 aliphatic rings. The van der Waals surface area contributed by atoms with Gasteiger partial charge in [0.1, 0.15) is 0 Å². The number of aromatic nitrogens is 1. The maximum absolute atomic E-state index is 5.62. The number of hydrogen-bond donors (Lipinski definition) is 1. The van der Waals surface area contributed by atoms with Gasteiger partial charge in [-0.1, -0.05) is 0 Å². The lowest BCUT2D eigenvalue weighted by Gasteiger charge is -2.37. The van der Waals surface area contributed by atoms with E-state index >= 15 is 0 Å². The number of thiazole rings is 1. The van der Waals surface area contributed by atoms with E-state index in [2.05, 4.69) is 14.8 Å². The Kier molecular flexibility index (Phi) is 2.83. The smallest absolute Gasteiger partial charge is 0.185 e. The summed E-state index contributed by atoms with van der Waals surface area (Å²) in [6.07, 6.45) is 4.64. The molecular weight excluding hydrogens is 220 g/mol. The van der Waals surface area contributed by atoms with Crippen LogP contribution in [-0.2, 0) is 6.54 Å². The number of fused-ring (bicyclic) bond motifs is 1. The second-order valence-electron chi connectivity index (χ2n) is 4.59. The van der Waals surface area contributed by atoms with Crippen molar-refractivity contribution in [3.8, 4) is 0 Å². The highest BCUT2D eigenvalue weighted by Gasteiger charge is 2.31. The minimum Gasteiger partial charge on any atom is -0.345 e. The molecule has 4 nitrogen and oxygen atoms in total. The molecule has 1 aromatic rings. The van der Waals surface area contributed by atoms with Crippen LogP contribution in [0, 0.1) is 0 Å². The summed E-state index contributed by atoms with van der Waals surface area (Å²) in [6, 6.07) is 0.763. The zero-order valence-electron chi connectivity index (χ0n) is 9.43. The highest BCUT2D eigenvalue weighted by atomic mass is 32.1. The summed E-state index contributed by atoms with van der Waals surface area (Å²) in [7, 11) is 0. The van der Waals surface area contributed by atoms with Crippen LogP contribution in [-0.4, -0.2) is 42.1 Å². The van der Waals surface area contributed by atoms with Crippen molar-refractivity contribution in [3.05, 3.63) is 11.1 Å². The number of anilines is 1. The topological polar surface area (TPSA) is 45.4 Å². The van der Waals surface area contributed by atoms with E-state index in [9.17, 15) is 0 Å². The van der Waals surface area contributed by atoms with Crippen molar-refractivity contribution in [3.63, 3.8) is 0 Å². The summed E-state index contributed by atoms with van der Waals surface area (Å²) in [6.45, 7) is 5.37. The van der Waals surface area contributed by atoms with Gasteiger partial charge in [-0.25, -0.2) is 4.98 Å². The molecule has 2 saturated heterocycles. The Morgan fingerprint density at radius 3 is 3.19 bits per heavy atom. The molecule has 1 unspecified atom stereocenters. The van der Waals surface area contributed by atoms with E-state index in [1.165, 1.54) is 30.8 Å². The molecule has 0 saturated carbocycles. The van der Waals surface area contributed by atoms with E-state index in [0.29, 0.717) is 6.54 Å².